The lowest BCUT2D eigenvalue weighted by Gasteiger charge is -2.16. The molecule has 0 bridgehead atoms. The van der Waals surface area contributed by atoms with Crippen LogP contribution in [0.5, 0.6) is 0 Å². The van der Waals surface area contributed by atoms with Crippen molar-refractivity contribution in [3.63, 3.8) is 0 Å². The van der Waals surface area contributed by atoms with Gasteiger partial charge in [0.2, 0.25) is 5.91 Å². The maximum absolute atomic E-state index is 11.7. The number of carbonyl (C=O) groups is 1. The van der Waals surface area contributed by atoms with Crippen LogP contribution in [0.1, 0.15) is 38.6 Å². The van der Waals surface area contributed by atoms with Crippen LogP contribution in [0.25, 0.3) is 33.4 Å². The Balaban J connectivity index is 1.36. The van der Waals surface area contributed by atoms with Crippen molar-refractivity contribution >= 4 is 16.8 Å². The molecule has 30 heavy (non-hydrogen) atoms. The van der Waals surface area contributed by atoms with Crippen LogP contribution in [0, 0.1) is 0 Å². The SMILES string of the molecule is CCC(=O)NC1CCC(n2cnnc2-c2ccc(-c3ccc4cc[nH]c4c3)cc2)C1. The number of benzene rings is 2. The number of nitrogens with one attached hydrogen (secondary N) is 2. The van der Waals surface area contributed by atoms with E-state index >= 15 is 0 Å². The molecule has 1 aliphatic rings. The van der Waals surface area contributed by atoms with Crippen molar-refractivity contribution in [1.29, 1.82) is 0 Å². The van der Waals surface area contributed by atoms with Crippen molar-refractivity contribution < 1.29 is 4.79 Å². The zero-order chi connectivity index (χ0) is 20.5. The fourth-order valence-electron chi connectivity index (χ4n) is 4.43. The van der Waals surface area contributed by atoms with E-state index in [9.17, 15) is 4.79 Å². The van der Waals surface area contributed by atoms with Gasteiger partial charge in [-0.05, 0) is 47.9 Å². The van der Waals surface area contributed by atoms with Gasteiger partial charge >= 0.3 is 0 Å². The zero-order valence-electron chi connectivity index (χ0n) is 17.0. The van der Waals surface area contributed by atoms with E-state index in [1.54, 1.807) is 0 Å². The van der Waals surface area contributed by atoms with Crippen molar-refractivity contribution in [2.24, 2.45) is 0 Å². The largest absolute Gasteiger partial charge is 0.361 e. The molecule has 2 N–H and O–H groups in total. The van der Waals surface area contributed by atoms with Crippen LogP contribution in [-0.4, -0.2) is 31.7 Å². The van der Waals surface area contributed by atoms with E-state index in [1.807, 2.05) is 19.4 Å². The molecular weight excluding hydrogens is 374 g/mol. The molecule has 6 nitrogen and oxygen atoms in total. The molecule has 1 fully saturated rings. The van der Waals surface area contributed by atoms with Crippen LogP contribution in [0.2, 0.25) is 0 Å². The average molecular weight is 399 g/mol. The first-order valence-corrected chi connectivity index (χ1v) is 10.6. The number of carbonyl (C=O) groups excluding carboxylic acids is 1. The highest BCUT2D eigenvalue weighted by Gasteiger charge is 2.28. The third-order valence-corrected chi connectivity index (χ3v) is 6.09. The van der Waals surface area contributed by atoms with E-state index in [0.29, 0.717) is 12.5 Å². The van der Waals surface area contributed by atoms with Gasteiger partial charge in [0.05, 0.1) is 0 Å². The maximum atomic E-state index is 11.7. The van der Waals surface area contributed by atoms with Crippen LogP contribution in [0.15, 0.2) is 61.1 Å². The van der Waals surface area contributed by atoms with Crippen molar-refractivity contribution in [1.82, 2.24) is 25.1 Å². The summed E-state index contributed by atoms with van der Waals surface area (Å²) in [6, 6.07) is 17.6. The first kappa shape index (κ1) is 18.6. The summed E-state index contributed by atoms with van der Waals surface area (Å²) in [5, 5.41) is 12.9. The molecule has 2 unspecified atom stereocenters. The van der Waals surface area contributed by atoms with E-state index in [-0.39, 0.29) is 11.9 Å². The van der Waals surface area contributed by atoms with Crippen LogP contribution >= 0.6 is 0 Å². The van der Waals surface area contributed by atoms with Gasteiger partial charge in [-0.2, -0.15) is 0 Å². The first-order chi connectivity index (χ1) is 14.7. The summed E-state index contributed by atoms with van der Waals surface area (Å²) in [5.74, 6) is 1.01. The number of nitrogens with zero attached hydrogens (tertiary/aromatic N) is 3. The summed E-state index contributed by atoms with van der Waals surface area (Å²) in [6.45, 7) is 1.89. The molecule has 0 spiro atoms. The van der Waals surface area contributed by atoms with Gasteiger partial charge in [0.1, 0.15) is 6.33 Å². The molecule has 1 aliphatic carbocycles. The van der Waals surface area contributed by atoms with Crippen LogP contribution in [0.3, 0.4) is 0 Å². The molecule has 0 radical (unpaired) electrons. The van der Waals surface area contributed by atoms with E-state index < -0.39 is 0 Å². The Kier molecular flexibility index (Phi) is 4.83. The second-order valence-electron chi connectivity index (χ2n) is 8.00. The van der Waals surface area contributed by atoms with Gasteiger partial charge in [-0.3, -0.25) is 4.79 Å². The predicted octanol–water partition coefficient (Wildman–Crippen LogP) is 4.71. The van der Waals surface area contributed by atoms with Crippen LogP contribution in [0.4, 0.5) is 0 Å². The third-order valence-electron chi connectivity index (χ3n) is 6.09. The van der Waals surface area contributed by atoms with Crippen molar-refractivity contribution in [2.75, 3.05) is 0 Å². The number of amides is 1. The lowest BCUT2D eigenvalue weighted by molar-refractivity contribution is -0.121. The van der Waals surface area contributed by atoms with Crippen LogP contribution in [-0.2, 0) is 4.79 Å². The van der Waals surface area contributed by atoms with Gasteiger partial charge in [-0.25, -0.2) is 0 Å². The molecule has 4 aromatic rings. The Morgan fingerprint density at radius 2 is 1.90 bits per heavy atom. The summed E-state index contributed by atoms with van der Waals surface area (Å²) in [6.07, 6.45) is 7.25. The highest BCUT2D eigenvalue weighted by Crippen LogP contribution is 2.34. The molecule has 6 heteroatoms. The molecule has 152 valence electrons. The van der Waals surface area contributed by atoms with Gasteiger partial charge in [0.25, 0.3) is 0 Å². The van der Waals surface area contributed by atoms with Crippen molar-refractivity contribution in [3.8, 4) is 22.5 Å². The number of H-pyrrole nitrogens is 1. The molecule has 1 saturated carbocycles. The molecule has 5 rings (SSSR count). The van der Waals surface area contributed by atoms with Gasteiger partial charge in [-0.15, -0.1) is 10.2 Å². The summed E-state index contributed by atoms with van der Waals surface area (Å²) >= 11 is 0. The second kappa shape index (κ2) is 7.78. The smallest absolute Gasteiger partial charge is 0.219 e. The summed E-state index contributed by atoms with van der Waals surface area (Å²) in [4.78, 5) is 15.0. The van der Waals surface area contributed by atoms with Gasteiger partial charge in [0.15, 0.2) is 5.82 Å². The Morgan fingerprint density at radius 3 is 2.73 bits per heavy atom. The maximum Gasteiger partial charge on any atom is 0.219 e. The van der Waals surface area contributed by atoms with E-state index in [1.165, 1.54) is 16.5 Å². The number of aromatic amines is 1. The number of rotatable bonds is 5. The normalized spacial score (nSPS) is 18.7. The highest BCUT2D eigenvalue weighted by molar-refractivity contribution is 5.85. The Hall–Kier alpha value is -3.41. The quantitative estimate of drug-likeness (QED) is 0.510. The monoisotopic (exact) mass is 399 g/mol. The molecule has 2 heterocycles. The molecular formula is C24H25N5O. The average Bonchev–Trinajstić information content (AvgIpc) is 3.53. The van der Waals surface area contributed by atoms with Crippen molar-refractivity contribution in [3.05, 3.63) is 61.1 Å². The fraction of sp³-hybridized carbons (Fsp3) is 0.292. The number of aromatic nitrogens is 4. The van der Waals surface area contributed by atoms with Gasteiger partial charge < -0.3 is 14.9 Å². The number of hydrogen-bond acceptors (Lipinski definition) is 3. The van der Waals surface area contributed by atoms with Crippen molar-refractivity contribution in [2.45, 2.75) is 44.7 Å². The van der Waals surface area contributed by atoms with E-state index in [2.05, 4.69) is 73.6 Å². The molecule has 0 aliphatic heterocycles. The first-order valence-electron chi connectivity index (χ1n) is 10.6. The second-order valence-corrected chi connectivity index (χ2v) is 8.00. The standard InChI is InChI=1S/C24H25N5O/c1-2-23(30)27-20-9-10-21(14-20)29-15-26-28-24(29)18-6-3-16(4-7-18)19-8-5-17-11-12-25-22(17)13-19/h3-8,11-13,15,20-21,25H,2,9-10,14H2,1H3,(H,27,30). The lowest BCUT2D eigenvalue weighted by atomic mass is 10.0. The lowest BCUT2D eigenvalue weighted by Crippen LogP contribution is -2.32. The van der Waals surface area contributed by atoms with Gasteiger partial charge in [0, 0.05) is 35.8 Å². The summed E-state index contributed by atoms with van der Waals surface area (Å²) in [7, 11) is 0. The molecule has 0 saturated heterocycles. The topological polar surface area (TPSA) is 75.6 Å². The minimum Gasteiger partial charge on any atom is -0.361 e. The Labute approximate surface area is 175 Å². The summed E-state index contributed by atoms with van der Waals surface area (Å²) < 4.78 is 2.16. The Morgan fingerprint density at radius 1 is 1.10 bits per heavy atom. The third kappa shape index (κ3) is 3.49. The Bertz CT molecular complexity index is 1170. The fourth-order valence-corrected chi connectivity index (χ4v) is 4.43. The summed E-state index contributed by atoms with van der Waals surface area (Å²) in [5.41, 5.74) is 4.55. The molecule has 2 atom stereocenters. The molecule has 2 aromatic carbocycles. The van der Waals surface area contributed by atoms with Crippen LogP contribution < -0.4 is 5.32 Å². The zero-order valence-corrected chi connectivity index (χ0v) is 17.0. The highest BCUT2D eigenvalue weighted by atomic mass is 16.1. The molecule has 1 amide bonds. The molecule has 2 aromatic heterocycles. The number of hydrogen-bond donors (Lipinski definition) is 2. The predicted molar refractivity (Wildman–Crippen MR) is 118 cm³/mol. The minimum atomic E-state index is 0.123. The van der Waals surface area contributed by atoms with E-state index in [4.69, 9.17) is 0 Å². The van der Waals surface area contributed by atoms with E-state index in [0.717, 1.165) is 36.2 Å². The minimum absolute atomic E-state index is 0.123. The van der Waals surface area contributed by atoms with Gasteiger partial charge in [-0.1, -0.05) is 43.3 Å². The number of fused-ring (bicyclic) bond motifs is 1.